The number of carbonyl (C=O) groups excluding carboxylic acids is 1. The third-order valence-electron chi connectivity index (χ3n) is 5.55. The van der Waals surface area contributed by atoms with Crippen LogP contribution < -0.4 is 5.32 Å². The van der Waals surface area contributed by atoms with Crippen molar-refractivity contribution in [2.75, 3.05) is 31.6 Å². The van der Waals surface area contributed by atoms with E-state index in [1.54, 1.807) is 35.2 Å². The number of benzene rings is 2. The number of nitrogens with zero attached hydrogens (tertiary/aromatic N) is 3. The second-order valence-electron chi connectivity index (χ2n) is 7.78. The van der Waals surface area contributed by atoms with Gasteiger partial charge in [0.05, 0.1) is 25.2 Å². The van der Waals surface area contributed by atoms with Gasteiger partial charge in [-0.05, 0) is 48.0 Å². The molecule has 0 aliphatic carbocycles. The average Bonchev–Trinajstić information content (AvgIpc) is 3.52. The van der Waals surface area contributed by atoms with Crippen molar-refractivity contribution in [2.45, 2.75) is 6.54 Å². The average molecular weight is 463 g/mol. The molecule has 1 fully saturated rings. The van der Waals surface area contributed by atoms with Crippen LogP contribution in [0.25, 0.3) is 17.1 Å². The molecule has 8 heteroatoms. The van der Waals surface area contributed by atoms with E-state index in [-0.39, 0.29) is 11.6 Å². The van der Waals surface area contributed by atoms with Gasteiger partial charge in [-0.15, -0.1) is 0 Å². The molecule has 2 aromatic heterocycles. The van der Waals surface area contributed by atoms with Gasteiger partial charge in [0, 0.05) is 36.4 Å². The topological polar surface area (TPSA) is 72.5 Å². The molecule has 5 rings (SSSR count). The summed E-state index contributed by atoms with van der Waals surface area (Å²) in [5, 5.41) is 8.25. The highest BCUT2D eigenvalue weighted by molar-refractivity contribution is 6.30. The molecule has 0 bridgehead atoms. The SMILES string of the molecule is O=C(Nc1ccccc1CN1CCOCC1)c1cc(-c2ccco2)n(-c2ccc(Cl)cc2)n1. The lowest BCUT2D eigenvalue weighted by Crippen LogP contribution is -2.35. The first-order valence-corrected chi connectivity index (χ1v) is 11.1. The van der Waals surface area contributed by atoms with Gasteiger partial charge in [0.15, 0.2) is 11.5 Å². The Bertz CT molecular complexity index is 1230. The van der Waals surface area contributed by atoms with Crippen molar-refractivity contribution in [3.05, 3.63) is 89.3 Å². The lowest BCUT2D eigenvalue weighted by molar-refractivity contribution is 0.0342. The zero-order valence-corrected chi connectivity index (χ0v) is 18.7. The number of amides is 1. The summed E-state index contributed by atoms with van der Waals surface area (Å²) in [5.74, 6) is 0.328. The number of para-hydroxylation sites is 1. The number of halogens is 1. The van der Waals surface area contributed by atoms with Crippen molar-refractivity contribution in [3.63, 3.8) is 0 Å². The zero-order valence-electron chi connectivity index (χ0n) is 17.9. The molecule has 0 saturated carbocycles. The van der Waals surface area contributed by atoms with E-state index >= 15 is 0 Å². The largest absolute Gasteiger partial charge is 0.463 e. The molecule has 1 saturated heterocycles. The Labute approximate surface area is 196 Å². The molecule has 2 aromatic carbocycles. The third kappa shape index (κ3) is 4.85. The molecule has 168 valence electrons. The lowest BCUT2D eigenvalue weighted by Gasteiger charge is -2.27. The third-order valence-corrected chi connectivity index (χ3v) is 5.80. The summed E-state index contributed by atoms with van der Waals surface area (Å²) in [6, 6.07) is 20.5. The van der Waals surface area contributed by atoms with Crippen LogP contribution in [0.3, 0.4) is 0 Å². The first kappa shape index (κ1) is 21.5. The molecule has 1 N–H and O–H groups in total. The minimum atomic E-state index is -0.287. The van der Waals surface area contributed by atoms with Crippen molar-refractivity contribution in [3.8, 4) is 17.1 Å². The summed E-state index contributed by atoms with van der Waals surface area (Å²) in [6.45, 7) is 3.95. The molecule has 1 amide bonds. The van der Waals surface area contributed by atoms with E-state index in [4.69, 9.17) is 20.8 Å². The van der Waals surface area contributed by atoms with Crippen molar-refractivity contribution < 1.29 is 13.9 Å². The molecule has 0 radical (unpaired) electrons. The summed E-state index contributed by atoms with van der Waals surface area (Å²) < 4.78 is 12.7. The quantitative estimate of drug-likeness (QED) is 0.442. The maximum atomic E-state index is 13.2. The number of furan rings is 1. The normalized spacial score (nSPS) is 14.3. The van der Waals surface area contributed by atoms with Crippen LogP contribution in [0, 0.1) is 0 Å². The summed E-state index contributed by atoms with van der Waals surface area (Å²) in [6.07, 6.45) is 1.59. The first-order valence-electron chi connectivity index (χ1n) is 10.8. The first-order chi connectivity index (χ1) is 16.2. The van der Waals surface area contributed by atoms with Crippen LogP contribution in [0.4, 0.5) is 5.69 Å². The van der Waals surface area contributed by atoms with E-state index < -0.39 is 0 Å². The number of anilines is 1. The lowest BCUT2D eigenvalue weighted by atomic mass is 10.1. The van der Waals surface area contributed by atoms with Crippen LogP contribution in [0.5, 0.6) is 0 Å². The van der Waals surface area contributed by atoms with Crippen LogP contribution in [-0.2, 0) is 11.3 Å². The van der Waals surface area contributed by atoms with Crippen LogP contribution in [0.2, 0.25) is 5.02 Å². The van der Waals surface area contributed by atoms with E-state index in [1.165, 1.54) is 0 Å². The highest BCUT2D eigenvalue weighted by Gasteiger charge is 2.20. The van der Waals surface area contributed by atoms with Crippen molar-refractivity contribution in [2.24, 2.45) is 0 Å². The van der Waals surface area contributed by atoms with Gasteiger partial charge in [-0.2, -0.15) is 5.10 Å². The second-order valence-corrected chi connectivity index (χ2v) is 8.22. The molecule has 0 atom stereocenters. The predicted octanol–water partition coefficient (Wildman–Crippen LogP) is 4.87. The molecule has 3 heterocycles. The smallest absolute Gasteiger partial charge is 0.276 e. The maximum Gasteiger partial charge on any atom is 0.276 e. The fraction of sp³-hybridized carbons (Fsp3) is 0.200. The van der Waals surface area contributed by atoms with Gasteiger partial charge in [0.25, 0.3) is 5.91 Å². The highest BCUT2D eigenvalue weighted by Crippen LogP contribution is 2.26. The summed E-state index contributed by atoms with van der Waals surface area (Å²) in [5.41, 5.74) is 3.56. The number of morpholine rings is 1. The van der Waals surface area contributed by atoms with E-state index in [0.717, 1.165) is 49.8 Å². The van der Waals surface area contributed by atoms with Gasteiger partial charge < -0.3 is 14.5 Å². The monoisotopic (exact) mass is 462 g/mol. The van der Waals surface area contributed by atoms with Crippen LogP contribution in [-0.4, -0.2) is 46.9 Å². The van der Waals surface area contributed by atoms with E-state index in [9.17, 15) is 4.79 Å². The molecule has 4 aromatic rings. The summed E-state index contributed by atoms with van der Waals surface area (Å²) in [7, 11) is 0. The molecule has 0 spiro atoms. The zero-order chi connectivity index (χ0) is 22.6. The number of hydrogen-bond acceptors (Lipinski definition) is 5. The van der Waals surface area contributed by atoms with Crippen molar-refractivity contribution in [1.82, 2.24) is 14.7 Å². The highest BCUT2D eigenvalue weighted by atomic mass is 35.5. The standard InChI is InChI=1S/C25H23ClN4O3/c26-19-7-9-20(10-8-19)30-23(24-6-3-13-33-24)16-22(28-30)25(31)27-21-5-2-1-4-18(21)17-29-11-14-32-15-12-29/h1-10,13,16H,11-12,14-15,17H2,(H,27,31). The van der Waals surface area contributed by atoms with Crippen molar-refractivity contribution in [1.29, 1.82) is 0 Å². The Morgan fingerprint density at radius 2 is 1.82 bits per heavy atom. The number of rotatable bonds is 6. The van der Waals surface area contributed by atoms with Gasteiger partial charge in [-0.25, -0.2) is 4.68 Å². The Balaban J connectivity index is 1.43. The van der Waals surface area contributed by atoms with E-state index in [0.29, 0.717) is 16.5 Å². The van der Waals surface area contributed by atoms with Gasteiger partial charge in [0.1, 0.15) is 5.69 Å². The number of carbonyl (C=O) groups is 1. The Morgan fingerprint density at radius 3 is 2.58 bits per heavy atom. The Morgan fingerprint density at radius 1 is 1.03 bits per heavy atom. The number of nitrogens with one attached hydrogen (secondary N) is 1. The van der Waals surface area contributed by atoms with Gasteiger partial charge in [-0.3, -0.25) is 9.69 Å². The molecule has 1 aliphatic heterocycles. The molecule has 7 nitrogen and oxygen atoms in total. The fourth-order valence-corrected chi connectivity index (χ4v) is 3.96. The summed E-state index contributed by atoms with van der Waals surface area (Å²) >= 11 is 6.05. The number of hydrogen-bond donors (Lipinski definition) is 1. The fourth-order valence-electron chi connectivity index (χ4n) is 3.84. The molecule has 1 aliphatic rings. The predicted molar refractivity (Wildman–Crippen MR) is 127 cm³/mol. The molecule has 0 unspecified atom stereocenters. The Kier molecular flexibility index (Phi) is 6.26. The van der Waals surface area contributed by atoms with Crippen LogP contribution in [0.15, 0.2) is 77.4 Å². The van der Waals surface area contributed by atoms with Gasteiger partial charge in [-0.1, -0.05) is 29.8 Å². The van der Waals surface area contributed by atoms with Crippen LogP contribution in [0.1, 0.15) is 16.1 Å². The van der Waals surface area contributed by atoms with Crippen molar-refractivity contribution >= 4 is 23.2 Å². The minimum absolute atomic E-state index is 0.287. The number of aromatic nitrogens is 2. The minimum Gasteiger partial charge on any atom is -0.463 e. The van der Waals surface area contributed by atoms with Crippen LogP contribution >= 0.6 is 11.6 Å². The number of ether oxygens (including phenoxy) is 1. The van der Waals surface area contributed by atoms with Gasteiger partial charge >= 0.3 is 0 Å². The molecular formula is C25H23ClN4O3. The van der Waals surface area contributed by atoms with E-state index in [1.807, 2.05) is 42.5 Å². The van der Waals surface area contributed by atoms with E-state index in [2.05, 4.69) is 15.3 Å². The van der Waals surface area contributed by atoms with Gasteiger partial charge in [0.2, 0.25) is 0 Å². The molecular weight excluding hydrogens is 440 g/mol. The Hall–Kier alpha value is -3.39. The summed E-state index contributed by atoms with van der Waals surface area (Å²) in [4.78, 5) is 15.5. The second kappa shape index (κ2) is 9.62. The maximum absolute atomic E-state index is 13.2. The molecule has 33 heavy (non-hydrogen) atoms.